The molecule has 0 aliphatic heterocycles. The molecule has 1 saturated carbocycles. The number of phenolic OH excluding ortho intramolecular Hbond substituents is 1. The van der Waals surface area contributed by atoms with Crippen molar-refractivity contribution < 1.29 is 9.90 Å². The highest BCUT2D eigenvalue weighted by atomic mass is 16.3. The van der Waals surface area contributed by atoms with E-state index in [1.165, 1.54) is 19.3 Å². The van der Waals surface area contributed by atoms with Gasteiger partial charge in [0.2, 0.25) is 0 Å². The minimum Gasteiger partial charge on any atom is -0.507 e. The average molecular weight is 252 g/mol. The first-order chi connectivity index (χ1) is 9.25. The second-order valence-corrected chi connectivity index (χ2v) is 5.10. The molecular weight excluding hydrogens is 236 g/mol. The molecule has 2 aromatic carbocycles. The Morgan fingerprint density at radius 1 is 1.05 bits per heavy atom. The second-order valence-electron chi connectivity index (χ2n) is 5.10. The molecule has 2 heteroatoms. The summed E-state index contributed by atoms with van der Waals surface area (Å²) in [5.74, 6) is 0.531. The van der Waals surface area contributed by atoms with Gasteiger partial charge in [-0.3, -0.25) is 4.79 Å². The van der Waals surface area contributed by atoms with E-state index in [0.717, 1.165) is 5.56 Å². The molecular formula is C17H16O2. The molecule has 0 saturated heterocycles. The van der Waals surface area contributed by atoms with E-state index >= 15 is 0 Å². The van der Waals surface area contributed by atoms with Gasteiger partial charge in [-0.05, 0) is 36.5 Å². The highest BCUT2D eigenvalue weighted by Gasteiger charge is 2.21. The third kappa shape index (κ3) is 2.26. The fourth-order valence-electron chi connectivity index (χ4n) is 2.48. The van der Waals surface area contributed by atoms with Crippen LogP contribution in [0.3, 0.4) is 0 Å². The molecule has 0 spiro atoms. The van der Waals surface area contributed by atoms with Gasteiger partial charge in [-0.2, -0.15) is 0 Å². The summed E-state index contributed by atoms with van der Waals surface area (Å²) in [4.78, 5) is 12.3. The number of hydrogen-bond acceptors (Lipinski definition) is 2. The van der Waals surface area contributed by atoms with Crippen molar-refractivity contribution >= 4 is 5.78 Å². The Morgan fingerprint density at radius 3 is 2.37 bits per heavy atom. The van der Waals surface area contributed by atoms with E-state index in [2.05, 4.69) is 0 Å². The van der Waals surface area contributed by atoms with E-state index in [1.54, 1.807) is 24.3 Å². The summed E-state index contributed by atoms with van der Waals surface area (Å²) in [5.41, 5.74) is 2.14. The Labute approximate surface area is 112 Å². The Morgan fingerprint density at radius 2 is 1.79 bits per heavy atom. The Kier molecular flexibility index (Phi) is 3.08. The molecule has 0 aromatic heterocycles. The molecule has 0 atom stereocenters. The van der Waals surface area contributed by atoms with Crippen LogP contribution < -0.4 is 0 Å². The average Bonchev–Trinajstić information content (AvgIpc) is 2.37. The van der Waals surface area contributed by atoms with E-state index in [-0.39, 0.29) is 11.5 Å². The summed E-state index contributed by atoms with van der Waals surface area (Å²) in [6, 6.07) is 14.5. The predicted molar refractivity (Wildman–Crippen MR) is 74.6 cm³/mol. The predicted octanol–water partition coefficient (Wildman–Crippen LogP) is 3.89. The molecule has 2 aromatic rings. The zero-order valence-electron chi connectivity index (χ0n) is 10.7. The van der Waals surface area contributed by atoms with Gasteiger partial charge in [-0.25, -0.2) is 0 Å². The number of aromatic hydroxyl groups is 1. The summed E-state index contributed by atoms with van der Waals surface area (Å²) >= 11 is 0. The molecule has 0 radical (unpaired) electrons. The minimum atomic E-state index is -0.127. The minimum absolute atomic E-state index is 0.0956. The van der Waals surface area contributed by atoms with Crippen molar-refractivity contribution in [1.82, 2.24) is 0 Å². The molecule has 1 aliphatic rings. The Bertz CT molecular complexity index is 598. The highest BCUT2D eigenvalue weighted by Crippen LogP contribution is 2.38. The number of phenols is 1. The fourth-order valence-corrected chi connectivity index (χ4v) is 2.48. The zero-order chi connectivity index (χ0) is 13.2. The van der Waals surface area contributed by atoms with Gasteiger partial charge in [0.05, 0.1) is 5.56 Å². The largest absolute Gasteiger partial charge is 0.507 e. The number of ketones is 1. The van der Waals surface area contributed by atoms with Crippen molar-refractivity contribution in [3.63, 3.8) is 0 Å². The topological polar surface area (TPSA) is 37.3 Å². The van der Waals surface area contributed by atoms with Gasteiger partial charge in [0.1, 0.15) is 5.75 Å². The van der Waals surface area contributed by atoms with Crippen LogP contribution in [0.25, 0.3) is 0 Å². The van der Waals surface area contributed by atoms with Gasteiger partial charge in [0, 0.05) is 5.56 Å². The summed E-state index contributed by atoms with van der Waals surface area (Å²) in [6.07, 6.45) is 3.63. The van der Waals surface area contributed by atoms with Crippen LogP contribution in [0.2, 0.25) is 0 Å². The molecule has 1 fully saturated rings. The lowest BCUT2D eigenvalue weighted by Crippen LogP contribution is -2.09. The molecule has 0 heterocycles. The van der Waals surface area contributed by atoms with Crippen LogP contribution in [0.5, 0.6) is 5.75 Å². The Hall–Kier alpha value is -2.09. The molecule has 3 rings (SSSR count). The molecule has 0 amide bonds. The van der Waals surface area contributed by atoms with E-state index in [4.69, 9.17) is 0 Å². The maximum absolute atomic E-state index is 12.3. The van der Waals surface area contributed by atoms with Crippen molar-refractivity contribution in [2.24, 2.45) is 0 Å². The second kappa shape index (κ2) is 4.88. The van der Waals surface area contributed by atoms with Crippen LogP contribution in [0, 0.1) is 0 Å². The van der Waals surface area contributed by atoms with Crippen LogP contribution in [0.4, 0.5) is 0 Å². The van der Waals surface area contributed by atoms with Crippen LogP contribution in [0.1, 0.15) is 46.7 Å². The van der Waals surface area contributed by atoms with E-state index in [9.17, 15) is 9.90 Å². The molecule has 0 unspecified atom stereocenters. The molecule has 0 bridgehead atoms. The smallest absolute Gasteiger partial charge is 0.196 e. The van der Waals surface area contributed by atoms with Crippen molar-refractivity contribution in [2.45, 2.75) is 25.2 Å². The number of carbonyl (C=O) groups excluding carboxylic acids is 1. The molecule has 96 valence electrons. The third-order valence-electron chi connectivity index (χ3n) is 3.88. The van der Waals surface area contributed by atoms with Gasteiger partial charge in [0.25, 0.3) is 0 Å². The molecule has 1 aliphatic carbocycles. The first-order valence-corrected chi connectivity index (χ1v) is 6.68. The van der Waals surface area contributed by atoms with Gasteiger partial charge in [0.15, 0.2) is 5.78 Å². The van der Waals surface area contributed by atoms with Crippen LogP contribution >= 0.6 is 0 Å². The highest BCUT2D eigenvalue weighted by molar-refractivity contribution is 6.10. The summed E-state index contributed by atoms with van der Waals surface area (Å²) in [5, 5.41) is 10.1. The monoisotopic (exact) mass is 252 g/mol. The molecule has 1 N–H and O–H groups in total. The third-order valence-corrected chi connectivity index (χ3v) is 3.88. The van der Waals surface area contributed by atoms with Crippen LogP contribution in [-0.4, -0.2) is 10.9 Å². The maximum Gasteiger partial charge on any atom is 0.196 e. The van der Waals surface area contributed by atoms with Gasteiger partial charge in [-0.15, -0.1) is 0 Å². The maximum atomic E-state index is 12.3. The first-order valence-electron chi connectivity index (χ1n) is 6.68. The number of carbonyl (C=O) groups is 1. The van der Waals surface area contributed by atoms with Crippen molar-refractivity contribution in [3.05, 3.63) is 65.2 Å². The van der Waals surface area contributed by atoms with Crippen LogP contribution in [0.15, 0.2) is 48.5 Å². The van der Waals surface area contributed by atoms with Crippen molar-refractivity contribution in [2.75, 3.05) is 0 Å². The summed E-state index contributed by atoms with van der Waals surface area (Å²) in [7, 11) is 0. The lowest BCUT2D eigenvalue weighted by Gasteiger charge is -2.26. The molecule has 19 heavy (non-hydrogen) atoms. The standard InChI is InChI=1S/C17H16O2/c18-16-11-14(12-7-4-8-12)9-10-15(16)17(19)13-5-2-1-3-6-13/h1-3,5-6,9-12,18H,4,7-8H2. The lowest BCUT2D eigenvalue weighted by molar-refractivity contribution is 0.103. The van der Waals surface area contributed by atoms with Crippen LogP contribution in [-0.2, 0) is 0 Å². The SMILES string of the molecule is O=C(c1ccccc1)c1ccc(C2CCC2)cc1O. The van der Waals surface area contributed by atoms with Gasteiger partial charge in [-0.1, -0.05) is 42.8 Å². The van der Waals surface area contributed by atoms with Crippen molar-refractivity contribution in [3.8, 4) is 5.75 Å². The molecule has 2 nitrogen and oxygen atoms in total. The van der Waals surface area contributed by atoms with Crippen molar-refractivity contribution in [1.29, 1.82) is 0 Å². The first kappa shape index (κ1) is 12.0. The van der Waals surface area contributed by atoms with E-state index in [0.29, 0.717) is 17.0 Å². The zero-order valence-corrected chi connectivity index (χ0v) is 10.7. The van der Waals surface area contributed by atoms with Gasteiger partial charge >= 0.3 is 0 Å². The van der Waals surface area contributed by atoms with E-state index < -0.39 is 0 Å². The summed E-state index contributed by atoms with van der Waals surface area (Å²) in [6.45, 7) is 0. The number of benzene rings is 2. The lowest BCUT2D eigenvalue weighted by atomic mass is 9.79. The van der Waals surface area contributed by atoms with Gasteiger partial charge < -0.3 is 5.11 Å². The Balaban J connectivity index is 1.91. The summed E-state index contributed by atoms with van der Waals surface area (Å²) < 4.78 is 0. The fraction of sp³-hybridized carbons (Fsp3) is 0.235. The normalized spacial score (nSPS) is 14.9. The van der Waals surface area contributed by atoms with E-state index in [1.807, 2.05) is 24.3 Å². The quantitative estimate of drug-likeness (QED) is 0.841. The number of hydrogen-bond donors (Lipinski definition) is 1. The number of rotatable bonds is 3.